The normalized spacial score (nSPS) is 10.5. The number of rotatable bonds is 5. The standard InChI is InChI=1S/C16H9NO5.C16H10O3/c18-15(10-5-7-12(8-6-10)17(20)21)13-9-11-3-1-2-4-14(11)22-16(13)19;17-15(11-6-2-1-3-7-11)13-10-12-8-4-5-9-14(12)19-16(13)18/h1-9H;1-10H. The van der Waals surface area contributed by atoms with Crippen LogP contribution in [-0.4, -0.2) is 16.5 Å². The zero-order valence-corrected chi connectivity index (χ0v) is 21.2. The maximum absolute atomic E-state index is 12.4. The molecule has 6 rings (SSSR count). The van der Waals surface area contributed by atoms with Gasteiger partial charge in [0, 0.05) is 34.0 Å². The molecule has 0 atom stereocenters. The lowest BCUT2D eigenvalue weighted by molar-refractivity contribution is -0.384. The van der Waals surface area contributed by atoms with Crippen molar-refractivity contribution >= 4 is 39.2 Å². The number of nitrogens with zero attached hydrogens (tertiary/aromatic N) is 1. The quantitative estimate of drug-likeness (QED) is 0.112. The Morgan fingerprint density at radius 3 is 1.44 bits per heavy atom. The van der Waals surface area contributed by atoms with Crippen LogP contribution >= 0.6 is 0 Å². The third-order valence-electron chi connectivity index (χ3n) is 6.15. The highest BCUT2D eigenvalue weighted by atomic mass is 16.6. The summed E-state index contributed by atoms with van der Waals surface area (Å²) < 4.78 is 10.3. The highest BCUT2D eigenvalue weighted by Gasteiger charge is 2.17. The summed E-state index contributed by atoms with van der Waals surface area (Å²) in [6.07, 6.45) is 0. The van der Waals surface area contributed by atoms with Gasteiger partial charge in [-0.2, -0.15) is 0 Å². The van der Waals surface area contributed by atoms with Crippen LogP contribution in [0.3, 0.4) is 0 Å². The number of hydrogen-bond donors (Lipinski definition) is 0. The van der Waals surface area contributed by atoms with Crippen molar-refractivity contribution in [3.63, 3.8) is 0 Å². The van der Waals surface area contributed by atoms with Crippen molar-refractivity contribution in [1.29, 1.82) is 0 Å². The van der Waals surface area contributed by atoms with Gasteiger partial charge in [0.25, 0.3) is 5.69 Å². The molecule has 0 saturated carbocycles. The predicted octanol–water partition coefficient (Wildman–Crippen LogP) is 5.96. The fourth-order valence-corrected chi connectivity index (χ4v) is 4.08. The summed E-state index contributed by atoms with van der Waals surface area (Å²) in [5, 5.41) is 12.0. The zero-order chi connectivity index (χ0) is 28.9. The van der Waals surface area contributed by atoms with Crippen LogP contribution in [-0.2, 0) is 0 Å². The summed E-state index contributed by atoms with van der Waals surface area (Å²) >= 11 is 0. The van der Waals surface area contributed by atoms with E-state index in [0.29, 0.717) is 22.1 Å². The molecule has 0 aliphatic carbocycles. The van der Waals surface area contributed by atoms with Crippen LogP contribution in [0.4, 0.5) is 5.69 Å². The highest BCUT2D eigenvalue weighted by Crippen LogP contribution is 2.18. The molecule has 0 radical (unpaired) electrons. The van der Waals surface area contributed by atoms with Gasteiger partial charge in [-0.25, -0.2) is 9.59 Å². The van der Waals surface area contributed by atoms with Gasteiger partial charge >= 0.3 is 11.3 Å². The monoisotopic (exact) mass is 545 g/mol. The Hall–Kier alpha value is -5.96. The van der Waals surface area contributed by atoms with Gasteiger partial charge in [-0.1, -0.05) is 66.7 Å². The first kappa shape index (κ1) is 26.6. The smallest absolute Gasteiger partial charge is 0.347 e. The molecular weight excluding hydrogens is 526 g/mol. The van der Waals surface area contributed by atoms with E-state index < -0.39 is 22.0 Å². The van der Waals surface area contributed by atoms with E-state index in [2.05, 4.69) is 0 Å². The second-order valence-corrected chi connectivity index (χ2v) is 8.80. The molecule has 0 fully saturated rings. The van der Waals surface area contributed by atoms with Gasteiger partial charge in [0.15, 0.2) is 11.6 Å². The molecule has 0 unspecified atom stereocenters. The SMILES string of the molecule is O=C(c1ccc([N+](=O)[O-])cc1)c1cc2ccccc2oc1=O.O=C(c1ccccc1)c1cc2ccccc2oc1=O. The van der Waals surface area contributed by atoms with E-state index in [1.807, 2.05) is 12.1 Å². The van der Waals surface area contributed by atoms with Gasteiger partial charge in [-0.05, 0) is 36.4 Å². The Kier molecular flexibility index (Phi) is 7.42. The van der Waals surface area contributed by atoms with E-state index in [9.17, 15) is 29.3 Å². The van der Waals surface area contributed by atoms with Crippen LogP contribution in [0.5, 0.6) is 0 Å². The molecular formula is C32H19NO8. The van der Waals surface area contributed by atoms with Crippen LogP contribution in [0, 0.1) is 10.1 Å². The minimum absolute atomic E-state index is 0.0601. The van der Waals surface area contributed by atoms with Crippen LogP contribution in [0.15, 0.2) is 134 Å². The lowest BCUT2D eigenvalue weighted by atomic mass is 10.0. The first-order chi connectivity index (χ1) is 19.8. The fraction of sp³-hybridized carbons (Fsp3) is 0. The molecule has 9 heteroatoms. The third-order valence-corrected chi connectivity index (χ3v) is 6.15. The Bertz CT molecular complexity index is 2040. The van der Waals surface area contributed by atoms with Gasteiger partial charge in [0.05, 0.1) is 4.92 Å². The van der Waals surface area contributed by atoms with E-state index in [-0.39, 0.29) is 28.2 Å². The van der Waals surface area contributed by atoms with Crippen molar-refractivity contribution in [3.8, 4) is 0 Å². The lowest BCUT2D eigenvalue weighted by Gasteiger charge is -2.02. The summed E-state index contributed by atoms with van der Waals surface area (Å²) in [5.41, 5.74) is 0.0391. The number of hydrogen-bond acceptors (Lipinski definition) is 8. The maximum Gasteiger partial charge on any atom is 0.347 e. The Morgan fingerprint density at radius 1 is 0.561 bits per heavy atom. The lowest BCUT2D eigenvalue weighted by Crippen LogP contribution is -2.14. The number of nitro benzene ring substituents is 1. The molecule has 4 aromatic carbocycles. The zero-order valence-electron chi connectivity index (χ0n) is 21.2. The fourth-order valence-electron chi connectivity index (χ4n) is 4.08. The van der Waals surface area contributed by atoms with E-state index in [0.717, 1.165) is 5.39 Å². The van der Waals surface area contributed by atoms with Crippen LogP contribution in [0.25, 0.3) is 21.9 Å². The number of nitro groups is 1. The van der Waals surface area contributed by atoms with Gasteiger partial charge in [0.2, 0.25) is 0 Å². The van der Waals surface area contributed by atoms with Crippen LogP contribution in [0.1, 0.15) is 31.8 Å². The van der Waals surface area contributed by atoms with Gasteiger partial charge in [-0.15, -0.1) is 0 Å². The minimum atomic E-state index is -0.734. The van der Waals surface area contributed by atoms with Crippen molar-refractivity contribution < 1.29 is 23.3 Å². The molecule has 0 bridgehead atoms. The van der Waals surface area contributed by atoms with E-state index >= 15 is 0 Å². The molecule has 2 heterocycles. The van der Waals surface area contributed by atoms with Crippen molar-refractivity contribution in [1.82, 2.24) is 0 Å². The number of para-hydroxylation sites is 2. The first-order valence-corrected chi connectivity index (χ1v) is 12.3. The molecule has 9 nitrogen and oxygen atoms in total. The van der Waals surface area contributed by atoms with E-state index in [1.165, 1.54) is 30.3 Å². The second kappa shape index (κ2) is 11.4. The number of carbonyl (C=O) groups is 2. The topological polar surface area (TPSA) is 138 Å². The van der Waals surface area contributed by atoms with Crippen LogP contribution in [0.2, 0.25) is 0 Å². The predicted molar refractivity (Wildman–Crippen MR) is 151 cm³/mol. The number of carbonyl (C=O) groups excluding carboxylic acids is 2. The van der Waals surface area contributed by atoms with Gasteiger partial charge in [-0.3, -0.25) is 19.7 Å². The molecule has 0 aliphatic heterocycles. The molecule has 0 N–H and O–H groups in total. The molecule has 0 spiro atoms. The van der Waals surface area contributed by atoms with E-state index in [1.54, 1.807) is 72.8 Å². The molecule has 6 aromatic rings. The molecule has 0 saturated heterocycles. The summed E-state index contributed by atoms with van der Waals surface area (Å²) in [5.74, 6) is -0.852. The summed E-state index contributed by atoms with van der Waals surface area (Å²) in [7, 11) is 0. The summed E-state index contributed by atoms with van der Waals surface area (Å²) in [4.78, 5) is 58.5. The van der Waals surface area contributed by atoms with Crippen LogP contribution < -0.4 is 11.3 Å². The largest absolute Gasteiger partial charge is 0.422 e. The summed E-state index contributed by atoms with van der Waals surface area (Å²) in [6, 6.07) is 30.8. The molecule has 41 heavy (non-hydrogen) atoms. The first-order valence-electron chi connectivity index (χ1n) is 12.3. The number of benzene rings is 4. The van der Waals surface area contributed by atoms with Gasteiger partial charge < -0.3 is 8.83 Å². The van der Waals surface area contributed by atoms with Crippen molar-refractivity contribution in [2.45, 2.75) is 0 Å². The van der Waals surface area contributed by atoms with Crippen molar-refractivity contribution in [2.24, 2.45) is 0 Å². The Balaban J connectivity index is 0.000000166. The van der Waals surface area contributed by atoms with Crippen molar-refractivity contribution in [2.75, 3.05) is 0 Å². The molecule has 0 aliphatic rings. The summed E-state index contributed by atoms with van der Waals surface area (Å²) in [6.45, 7) is 0. The van der Waals surface area contributed by atoms with E-state index in [4.69, 9.17) is 8.83 Å². The number of ketones is 2. The molecule has 200 valence electrons. The highest BCUT2D eigenvalue weighted by molar-refractivity contribution is 6.10. The maximum atomic E-state index is 12.4. The third kappa shape index (κ3) is 5.74. The minimum Gasteiger partial charge on any atom is -0.422 e. The molecule has 2 aromatic heterocycles. The average molecular weight is 546 g/mol. The number of fused-ring (bicyclic) bond motifs is 2. The Labute approximate surface area is 231 Å². The number of non-ortho nitro benzene ring substituents is 1. The molecule has 0 amide bonds. The average Bonchev–Trinajstić information content (AvgIpc) is 3.00. The van der Waals surface area contributed by atoms with Gasteiger partial charge in [0.1, 0.15) is 22.3 Å². The Morgan fingerprint density at radius 2 is 0.976 bits per heavy atom. The second-order valence-electron chi connectivity index (χ2n) is 8.80. The van der Waals surface area contributed by atoms with Crippen molar-refractivity contribution in [3.05, 3.63) is 168 Å².